The normalized spacial score (nSPS) is 18.7. The molecule has 1 aromatic rings. The van der Waals surface area contributed by atoms with Gasteiger partial charge in [-0.1, -0.05) is 61.6 Å². The Balaban J connectivity index is 1.73. The van der Waals surface area contributed by atoms with Gasteiger partial charge in [-0.15, -0.1) is 0 Å². The number of ether oxygens (including phenoxy) is 1. The molecule has 1 saturated heterocycles. The van der Waals surface area contributed by atoms with Crippen molar-refractivity contribution in [2.75, 3.05) is 13.7 Å². The standard InChI is InChI=1S/C26H37NO4/c1-21(11-10-14-22-12-6-5-7-13-22)24(28)18-16-23-17-19-25(29)27(23)20-9-4-3-8-15-26(30)31-2/h4-7,9,12-13,16,18,21,23-24,28H,3,8,10-11,14-15,17,19-20H2,1-2H3/t21-,23-,24-/m0/s1. The summed E-state index contributed by atoms with van der Waals surface area (Å²) < 4.78 is 4.63. The van der Waals surface area contributed by atoms with Crippen LogP contribution in [0.3, 0.4) is 0 Å². The quantitative estimate of drug-likeness (QED) is 0.287. The molecule has 170 valence electrons. The number of aryl methyl sites for hydroxylation is 1. The Bertz CT molecular complexity index is 728. The molecule has 0 aromatic heterocycles. The molecule has 2 rings (SSSR count). The van der Waals surface area contributed by atoms with E-state index in [1.165, 1.54) is 12.7 Å². The summed E-state index contributed by atoms with van der Waals surface area (Å²) in [4.78, 5) is 25.2. The molecule has 0 radical (unpaired) electrons. The predicted octanol–water partition coefficient (Wildman–Crippen LogP) is 4.45. The first kappa shape index (κ1) is 24.9. The molecule has 0 spiro atoms. The first-order valence-electron chi connectivity index (χ1n) is 11.4. The number of carbonyl (C=O) groups is 2. The summed E-state index contributed by atoms with van der Waals surface area (Å²) in [5.41, 5.74) is 1.33. The fourth-order valence-electron chi connectivity index (χ4n) is 3.84. The average Bonchev–Trinajstić information content (AvgIpc) is 3.14. The molecular formula is C26H37NO4. The van der Waals surface area contributed by atoms with Gasteiger partial charge in [-0.05, 0) is 50.0 Å². The predicted molar refractivity (Wildman–Crippen MR) is 123 cm³/mol. The molecule has 0 unspecified atom stereocenters. The van der Waals surface area contributed by atoms with Gasteiger partial charge in [-0.3, -0.25) is 9.59 Å². The van der Waals surface area contributed by atoms with Crippen molar-refractivity contribution in [1.29, 1.82) is 0 Å². The Kier molecular flexibility index (Phi) is 11.1. The van der Waals surface area contributed by atoms with Crippen LogP contribution in [0.5, 0.6) is 0 Å². The number of methoxy groups -OCH3 is 1. The first-order valence-corrected chi connectivity index (χ1v) is 11.4. The zero-order chi connectivity index (χ0) is 22.5. The minimum absolute atomic E-state index is 0.0402. The lowest BCUT2D eigenvalue weighted by atomic mass is 9.95. The molecule has 1 N–H and O–H groups in total. The van der Waals surface area contributed by atoms with Crippen LogP contribution in [0, 0.1) is 5.92 Å². The maximum absolute atomic E-state index is 12.2. The Morgan fingerprint density at radius 1 is 1.26 bits per heavy atom. The van der Waals surface area contributed by atoms with E-state index in [1.807, 2.05) is 35.3 Å². The number of nitrogens with zero attached hydrogens (tertiary/aromatic N) is 1. The molecule has 1 aliphatic rings. The molecule has 1 heterocycles. The highest BCUT2D eigenvalue weighted by Crippen LogP contribution is 2.21. The van der Waals surface area contributed by atoms with Crippen LogP contribution in [0.4, 0.5) is 0 Å². The highest BCUT2D eigenvalue weighted by molar-refractivity contribution is 5.79. The molecule has 5 heteroatoms. The van der Waals surface area contributed by atoms with E-state index in [0.717, 1.165) is 38.5 Å². The van der Waals surface area contributed by atoms with Gasteiger partial charge in [-0.2, -0.15) is 0 Å². The highest BCUT2D eigenvalue weighted by atomic mass is 16.5. The summed E-state index contributed by atoms with van der Waals surface area (Å²) in [6.07, 6.45) is 13.7. The number of aliphatic hydroxyl groups is 1. The second-order valence-corrected chi connectivity index (χ2v) is 8.32. The van der Waals surface area contributed by atoms with Crippen molar-refractivity contribution < 1.29 is 19.4 Å². The largest absolute Gasteiger partial charge is 0.469 e. The molecule has 1 aliphatic heterocycles. The summed E-state index contributed by atoms with van der Waals surface area (Å²) in [7, 11) is 1.40. The number of unbranched alkanes of at least 4 members (excludes halogenated alkanes) is 1. The first-order chi connectivity index (χ1) is 15.0. The van der Waals surface area contributed by atoms with E-state index in [0.29, 0.717) is 19.4 Å². The number of rotatable bonds is 13. The van der Waals surface area contributed by atoms with Crippen molar-refractivity contribution in [3.8, 4) is 0 Å². The van der Waals surface area contributed by atoms with E-state index in [9.17, 15) is 14.7 Å². The highest BCUT2D eigenvalue weighted by Gasteiger charge is 2.28. The van der Waals surface area contributed by atoms with Gasteiger partial charge in [-0.25, -0.2) is 0 Å². The second kappa shape index (κ2) is 13.8. The minimum atomic E-state index is -0.498. The molecule has 1 aromatic carbocycles. The van der Waals surface area contributed by atoms with Gasteiger partial charge in [0.1, 0.15) is 0 Å². The Labute approximate surface area is 186 Å². The van der Waals surface area contributed by atoms with Gasteiger partial charge in [0.2, 0.25) is 5.91 Å². The maximum Gasteiger partial charge on any atom is 0.305 e. The lowest BCUT2D eigenvalue weighted by Crippen LogP contribution is -2.32. The van der Waals surface area contributed by atoms with Crippen LogP contribution < -0.4 is 0 Å². The van der Waals surface area contributed by atoms with Crippen molar-refractivity contribution in [2.45, 2.75) is 70.4 Å². The zero-order valence-electron chi connectivity index (χ0n) is 18.9. The maximum atomic E-state index is 12.2. The number of hydrogen-bond donors (Lipinski definition) is 1. The van der Waals surface area contributed by atoms with Crippen LogP contribution in [-0.2, 0) is 20.7 Å². The van der Waals surface area contributed by atoms with E-state index in [1.54, 1.807) is 0 Å². The summed E-state index contributed by atoms with van der Waals surface area (Å²) >= 11 is 0. The summed E-state index contributed by atoms with van der Waals surface area (Å²) in [5, 5.41) is 10.5. The number of benzene rings is 1. The number of esters is 1. The van der Waals surface area contributed by atoms with E-state index < -0.39 is 6.10 Å². The molecule has 5 nitrogen and oxygen atoms in total. The SMILES string of the molecule is COC(=O)CCCC=CCN1C(=O)CC[C@@H]1C=C[C@H](O)[C@@H](C)CCCc1ccccc1. The molecule has 0 aliphatic carbocycles. The molecule has 0 bridgehead atoms. The summed E-state index contributed by atoms with van der Waals surface area (Å²) in [5.74, 6) is 0.139. The zero-order valence-corrected chi connectivity index (χ0v) is 18.9. The minimum Gasteiger partial charge on any atom is -0.469 e. The third-order valence-corrected chi connectivity index (χ3v) is 5.90. The fraction of sp³-hybridized carbons (Fsp3) is 0.538. The van der Waals surface area contributed by atoms with E-state index in [2.05, 4.69) is 35.9 Å². The number of likely N-dealkylation sites (tertiary alicyclic amines) is 1. The number of aliphatic hydroxyl groups excluding tert-OH is 1. The fourth-order valence-corrected chi connectivity index (χ4v) is 3.84. The smallest absolute Gasteiger partial charge is 0.305 e. The van der Waals surface area contributed by atoms with Crippen LogP contribution in [0.15, 0.2) is 54.6 Å². The topological polar surface area (TPSA) is 66.8 Å². The number of amides is 1. The van der Waals surface area contributed by atoms with Gasteiger partial charge < -0.3 is 14.7 Å². The van der Waals surface area contributed by atoms with Crippen molar-refractivity contribution in [1.82, 2.24) is 4.90 Å². The number of hydrogen-bond acceptors (Lipinski definition) is 4. The lowest BCUT2D eigenvalue weighted by Gasteiger charge is -2.22. The third-order valence-electron chi connectivity index (χ3n) is 5.90. The summed E-state index contributed by atoms with van der Waals surface area (Å²) in [6, 6.07) is 10.5. The van der Waals surface area contributed by atoms with Gasteiger partial charge in [0.05, 0.1) is 19.3 Å². The average molecular weight is 428 g/mol. The van der Waals surface area contributed by atoms with Crippen LogP contribution >= 0.6 is 0 Å². The van der Waals surface area contributed by atoms with Gasteiger partial charge >= 0.3 is 5.97 Å². The lowest BCUT2D eigenvalue weighted by molar-refractivity contribution is -0.140. The van der Waals surface area contributed by atoms with E-state index >= 15 is 0 Å². The molecule has 31 heavy (non-hydrogen) atoms. The van der Waals surface area contributed by atoms with E-state index in [-0.39, 0.29) is 23.8 Å². The van der Waals surface area contributed by atoms with E-state index in [4.69, 9.17) is 0 Å². The molecule has 3 atom stereocenters. The second-order valence-electron chi connectivity index (χ2n) is 8.32. The Morgan fingerprint density at radius 3 is 2.77 bits per heavy atom. The number of carbonyl (C=O) groups excluding carboxylic acids is 2. The summed E-state index contributed by atoms with van der Waals surface area (Å²) in [6.45, 7) is 2.64. The van der Waals surface area contributed by atoms with Crippen molar-refractivity contribution in [2.24, 2.45) is 5.92 Å². The van der Waals surface area contributed by atoms with Crippen LogP contribution in [0.2, 0.25) is 0 Å². The molecule has 1 amide bonds. The number of allylic oxidation sites excluding steroid dienone is 1. The van der Waals surface area contributed by atoms with Gasteiger partial charge in [0.15, 0.2) is 0 Å². The van der Waals surface area contributed by atoms with Crippen molar-refractivity contribution in [3.63, 3.8) is 0 Å². The molecule has 1 fully saturated rings. The van der Waals surface area contributed by atoms with Crippen molar-refractivity contribution >= 4 is 11.9 Å². The van der Waals surface area contributed by atoms with Gasteiger partial charge in [0.25, 0.3) is 0 Å². The molecule has 0 saturated carbocycles. The monoisotopic (exact) mass is 427 g/mol. The Hall–Kier alpha value is -2.40. The van der Waals surface area contributed by atoms with Crippen LogP contribution in [-0.4, -0.2) is 47.7 Å². The van der Waals surface area contributed by atoms with Crippen LogP contribution in [0.1, 0.15) is 57.4 Å². The third kappa shape index (κ3) is 9.09. The molecular weight excluding hydrogens is 390 g/mol. The Morgan fingerprint density at radius 2 is 2.03 bits per heavy atom. The van der Waals surface area contributed by atoms with Crippen molar-refractivity contribution in [3.05, 3.63) is 60.2 Å². The van der Waals surface area contributed by atoms with Gasteiger partial charge in [0, 0.05) is 19.4 Å². The van der Waals surface area contributed by atoms with Crippen LogP contribution in [0.25, 0.3) is 0 Å².